The van der Waals surface area contributed by atoms with E-state index >= 15 is 0 Å². The summed E-state index contributed by atoms with van der Waals surface area (Å²) >= 11 is 0. The van der Waals surface area contributed by atoms with E-state index in [1.807, 2.05) is 6.92 Å². The van der Waals surface area contributed by atoms with Crippen LogP contribution in [0.2, 0.25) is 0 Å². The van der Waals surface area contributed by atoms with E-state index in [9.17, 15) is 0 Å². The maximum Gasteiger partial charge on any atom is 0.103 e. The summed E-state index contributed by atoms with van der Waals surface area (Å²) in [5, 5.41) is 0. The Kier molecular flexibility index (Phi) is 1.51. The van der Waals surface area contributed by atoms with Gasteiger partial charge in [-0.05, 0) is 6.92 Å². The first-order chi connectivity index (χ1) is 4.90. The maximum atomic E-state index is 5.50. The predicted octanol–water partition coefficient (Wildman–Crippen LogP) is 1.12. The summed E-state index contributed by atoms with van der Waals surface area (Å²) in [6, 6.07) is 0. The summed E-state index contributed by atoms with van der Waals surface area (Å²) in [4.78, 5) is 0. The van der Waals surface area contributed by atoms with Crippen LogP contribution < -0.4 is 0 Å². The van der Waals surface area contributed by atoms with Gasteiger partial charge in [0.25, 0.3) is 0 Å². The Labute approximate surface area is 60.8 Å². The molecule has 0 aromatic carbocycles. The first-order valence-electron chi connectivity index (χ1n) is 3.85. The smallest absolute Gasteiger partial charge is 0.103 e. The van der Waals surface area contributed by atoms with Gasteiger partial charge in [0.2, 0.25) is 0 Å². The van der Waals surface area contributed by atoms with E-state index < -0.39 is 0 Å². The summed E-state index contributed by atoms with van der Waals surface area (Å²) in [6.07, 6.45) is 6.22. The van der Waals surface area contributed by atoms with Gasteiger partial charge in [-0.2, -0.15) is 0 Å². The summed E-state index contributed by atoms with van der Waals surface area (Å²) in [5.74, 6) is 0. The molecule has 2 rings (SSSR count). The Morgan fingerprint density at radius 1 is 1.60 bits per heavy atom. The lowest BCUT2D eigenvalue weighted by Gasteiger charge is -2.14. The Bertz CT molecular complexity index is 153. The SMILES string of the molecule is CCOC1CC2C=CC1O2. The van der Waals surface area contributed by atoms with Crippen LogP contribution >= 0.6 is 0 Å². The molecule has 1 saturated heterocycles. The molecule has 2 aliphatic rings. The van der Waals surface area contributed by atoms with E-state index in [1.165, 1.54) is 0 Å². The van der Waals surface area contributed by atoms with Crippen LogP contribution in [0.5, 0.6) is 0 Å². The monoisotopic (exact) mass is 140 g/mol. The molecule has 2 bridgehead atoms. The van der Waals surface area contributed by atoms with Crippen molar-refractivity contribution in [1.82, 2.24) is 0 Å². The van der Waals surface area contributed by atoms with Crippen LogP contribution in [0.15, 0.2) is 12.2 Å². The van der Waals surface area contributed by atoms with Gasteiger partial charge in [-0.15, -0.1) is 0 Å². The predicted molar refractivity (Wildman–Crippen MR) is 37.8 cm³/mol. The number of rotatable bonds is 2. The van der Waals surface area contributed by atoms with Gasteiger partial charge in [0.1, 0.15) is 6.10 Å². The Hall–Kier alpha value is -0.340. The average molecular weight is 140 g/mol. The second-order valence-corrected chi connectivity index (χ2v) is 2.75. The van der Waals surface area contributed by atoms with Gasteiger partial charge in [0.15, 0.2) is 0 Å². The molecule has 2 heterocycles. The van der Waals surface area contributed by atoms with Crippen molar-refractivity contribution in [3.8, 4) is 0 Å². The van der Waals surface area contributed by atoms with Gasteiger partial charge < -0.3 is 9.47 Å². The van der Waals surface area contributed by atoms with Crippen molar-refractivity contribution in [1.29, 1.82) is 0 Å². The molecular formula is C8H12O2. The molecule has 0 amide bonds. The van der Waals surface area contributed by atoms with Crippen molar-refractivity contribution in [2.24, 2.45) is 0 Å². The molecule has 0 aliphatic carbocycles. The van der Waals surface area contributed by atoms with E-state index in [0.29, 0.717) is 12.2 Å². The summed E-state index contributed by atoms with van der Waals surface area (Å²) in [5.41, 5.74) is 0. The van der Waals surface area contributed by atoms with Crippen molar-refractivity contribution in [3.05, 3.63) is 12.2 Å². The van der Waals surface area contributed by atoms with Gasteiger partial charge in [0.05, 0.1) is 12.2 Å². The Morgan fingerprint density at radius 2 is 2.50 bits per heavy atom. The third-order valence-electron chi connectivity index (χ3n) is 2.06. The highest BCUT2D eigenvalue weighted by molar-refractivity contribution is 5.11. The standard InChI is InChI=1S/C8H12O2/c1-2-9-8-5-6-3-4-7(8)10-6/h3-4,6-8H,2,5H2,1H3. The van der Waals surface area contributed by atoms with Gasteiger partial charge in [0, 0.05) is 13.0 Å². The minimum atomic E-state index is 0.255. The first kappa shape index (κ1) is 6.38. The van der Waals surface area contributed by atoms with Gasteiger partial charge >= 0.3 is 0 Å². The molecule has 0 spiro atoms. The fourth-order valence-electron chi connectivity index (χ4n) is 1.61. The molecular weight excluding hydrogens is 128 g/mol. The molecule has 2 nitrogen and oxygen atoms in total. The molecule has 56 valence electrons. The summed E-state index contributed by atoms with van der Waals surface area (Å²) < 4.78 is 11.0. The molecule has 2 aliphatic heterocycles. The molecule has 0 radical (unpaired) electrons. The van der Waals surface area contributed by atoms with Gasteiger partial charge in [-0.25, -0.2) is 0 Å². The number of fused-ring (bicyclic) bond motifs is 2. The van der Waals surface area contributed by atoms with Crippen molar-refractivity contribution in [3.63, 3.8) is 0 Å². The second-order valence-electron chi connectivity index (χ2n) is 2.75. The molecule has 0 saturated carbocycles. The minimum absolute atomic E-state index is 0.255. The third-order valence-corrected chi connectivity index (χ3v) is 2.06. The van der Waals surface area contributed by atoms with Crippen LogP contribution in [0.1, 0.15) is 13.3 Å². The van der Waals surface area contributed by atoms with Crippen LogP contribution in [-0.4, -0.2) is 24.9 Å². The van der Waals surface area contributed by atoms with E-state index in [4.69, 9.17) is 9.47 Å². The topological polar surface area (TPSA) is 18.5 Å². The lowest BCUT2D eigenvalue weighted by Crippen LogP contribution is -2.22. The van der Waals surface area contributed by atoms with Gasteiger partial charge in [-0.1, -0.05) is 12.2 Å². The van der Waals surface area contributed by atoms with Crippen LogP contribution in [0.25, 0.3) is 0 Å². The highest BCUT2D eigenvalue weighted by Crippen LogP contribution is 2.30. The molecule has 0 aromatic heterocycles. The number of hydrogen-bond donors (Lipinski definition) is 0. The number of ether oxygens (including phenoxy) is 2. The van der Waals surface area contributed by atoms with E-state index in [1.54, 1.807) is 0 Å². The Balaban J connectivity index is 1.96. The largest absolute Gasteiger partial charge is 0.375 e. The maximum absolute atomic E-state index is 5.50. The quantitative estimate of drug-likeness (QED) is 0.535. The van der Waals surface area contributed by atoms with Crippen LogP contribution in [-0.2, 0) is 9.47 Å². The molecule has 3 unspecified atom stereocenters. The van der Waals surface area contributed by atoms with Crippen LogP contribution in [0.4, 0.5) is 0 Å². The minimum Gasteiger partial charge on any atom is -0.375 e. The van der Waals surface area contributed by atoms with Crippen molar-refractivity contribution in [2.75, 3.05) is 6.61 Å². The summed E-state index contributed by atoms with van der Waals surface area (Å²) in [6.45, 7) is 2.82. The van der Waals surface area contributed by atoms with Crippen LogP contribution in [0.3, 0.4) is 0 Å². The van der Waals surface area contributed by atoms with Crippen molar-refractivity contribution >= 4 is 0 Å². The second kappa shape index (κ2) is 2.36. The lowest BCUT2D eigenvalue weighted by molar-refractivity contribution is 0.0189. The fraction of sp³-hybridized carbons (Fsp3) is 0.750. The van der Waals surface area contributed by atoms with E-state index in [2.05, 4.69) is 12.2 Å². The first-order valence-corrected chi connectivity index (χ1v) is 3.85. The zero-order valence-corrected chi connectivity index (χ0v) is 6.12. The molecule has 1 fully saturated rings. The van der Waals surface area contributed by atoms with Crippen molar-refractivity contribution < 1.29 is 9.47 Å². The number of hydrogen-bond acceptors (Lipinski definition) is 2. The van der Waals surface area contributed by atoms with Crippen molar-refractivity contribution in [2.45, 2.75) is 31.7 Å². The molecule has 3 atom stereocenters. The zero-order chi connectivity index (χ0) is 6.97. The third kappa shape index (κ3) is 0.879. The molecule has 10 heavy (non-hydrogen) atoms. The van der Waals surface area contributed by atoms with Crippen LogP contribution in [0, 0.1) is 0 Å². The normalized spacial score (nSPS) is 43.1. The summed E-state index contributed by atoms with van der Waals surface area (Å²) in [7, 11) is 0. The van der Waals surface area contributed by atoms with Gasteiger partial charge in [-0.3, -0.25) is 0 Å². The molecule has 0 N–H and O–H groups in total. The highest BCUT2D eigenvalue weighted by Gasteiger charge is 2.36. The molecule has 0 aromatic rings. The van der Waals surface area contributed by atoms with E-state index in [0.717, 1.165) is 13.0 Å². The molecule has 2 heteroatoms. The van der Waals surface area contributed by atoms with E-state index in [-0.39, 0.29) is 6.10 Å². The fourth-order valence-corrected chi connectivity index (χ4v) is 1.61. The zero-order valence-electron chi connectivity index (χ0n) is 6.12. The average Bonchev–Trinajstić information content (AvgIpc) is 2.48. The lowest BCUT2D eigenvalue weighted by atomic mass is 10.1. The Morgan fingerprint density at radius 3 is 3.00 bits per heavy atom. The highest BCUT2D eigenvalue weighted by atomic mass is 16.6.